The monoisotopic (exact) mass is 355 g/mol. The van der Waals surface area contributed by atoms with E-state index < -0.39 is 0 Å². The van der Waals surface area contributed by atoms with Gasteiger partial charge in [-0.15, -0.1) is 10.2 Å². The second kappa shape index (κ2) is 7.83. The van der Waals surface area contributed by atoms with Crippen LogP contribution >= 0.6 is 0 Å². The van der Waals surface area contributed by atoms with Crippen LogP contribution in [0.5, 0.6) is 11.6 Å². The molecule has 2 aromatic rings. The van der Waals surface area contributed by atoms with Gasteiger partial charge in [0, 0.05) is 25.3 Å². The highest BCUT2D eigenvalue weighted by atomic mass is 16.5. The molecule has 1 N–H and O–H groups in total. The summed E-state index contributed by atoms with van der Waals surface area (Å²) in [4.78, 5) is 12.2. The van der Waals surface area contributed by atoms with Gasteiger partial charge in [-0.2, -0.15) is 0 Å². The molecule has 0 radical (unpaired) electrons. The number of carbonyl (C=O) groups is 1. The van der Waals surface area contributed by atoms with E-state index in [0.29, 0.717) is 24.8 Å². The number of nitrogens with one attached hydrogen (secondary N) is 1. The number of amides is 1. The van der Waals surface area contributed by atoms with E-state index in [1.165, 1.54) is 5.56 Å². The summed E-state index contributed by atoms with van der Waals surface area (Å²) >= 11 is 0. The second-order valence-corrected chi connectivity index (χ2v) is 7.50. The fraction of sp³-hybridized carbons (Fsp3) is 0.450. The maximum absolute atomic E-state index is 12.2. The molecule has 0 bridgehead atoms. The first-order valence-electron chi connectivity index (χ1n) is 8.92. The Labute approximate surface area is 153 Å². The third kappa shape index (κ3) is 4.79. The van der Waals surface area contributed by atoms with E-state index >= 15 is 0 Å². The molecule has 0 saturated carbocycles. The zero-order chi connectivity index (χ0) is 18.6. The zero-order valence-electron chi connectivity index (χ0n) is 15.5. The Kier molecular flexibility index (Phi) is 5.52. The molecular weight excluding hydrogens is 330 g/mol. The number of aromatic nitrogens is 2. The van der Waals surface area contributed by atoms with E-state index in [0.717, 1.165) is 12.8 Å². The largest absolute Gasteiger partial charge is 0.438 e. The minimum absolute atomic E-state index is 0.0388. The van der Waals surface area contributed by atoms with Gasteiger partial charge in [0.05, 0.1) is 0 Å². The predicted octanol–water partition coefficient (Wildman–Crippen LogP) is 3.48. The van der Waals surface area contributed by atoms with Crippen LogP contribution in [0.3, 0.4) is 0 Å². The molecule has 1 saturated heterocycles. The molecule has 1 aliphatic heterocycles. The molecule has 138 valence electrons. The summed E-state index contributed by atoms with van der Waals surface area (Å²) < 4.78 is 11.1. The second-order valence-electron chi connectivity index (χ2n) is 7.50. The summed E-state index contributed by atoms with van der Waals surface area (Å²) in [6.07, 6.45) is 1.65. The Balaban J connectivity index is 1.63. The molecule has 1 aromatic heterocycles. The number of ether oxygens (including phenoxy) is 2. The average molecular weight is 355 g/mol. The lowest BCUT2D eigenvalue weighted by atomic mass is 9.87. The van der Waals surface area contributed by atoms with Gasteiger partial charge >= 0.3 is 0 Å². The number of hydrogen-bond donors (Lipinski definition) is 1. The summed E-state index contributed by atoms with van der Waals surface area (Å²) in [5.74, 6) is 0.843. The van der Waals surface area contributed by atoms with Gasteiger partial charge in [-0.05, 0) is 42.0 Å². The molecule has 1 aromatic carbocycles. The highest BCUT2D eigenvalue weighted by Crippen LogP contribution is 2.27. The number of nitrogens with zero attached hydrogens (tertiary/aromatic N) is 2. The quantitative estimate of drug-likeness (QED) is 0.909. The Morgan fingerprint density at radius 1 is 1.15 bits per heavy atom. The molecule has 1 fully saturated rings. The molecule has 0 aliphatic carbocycles. The van der Waals surface area contributed by atoms with Gasteiger partial charge in [-0.25, -0.2) is 0 Å². The number of benzene rings is 1. The van der Waals surface area contributed by atoms with Crippen molar-refractivity contribution in [3.05, 3.63) is 47.7 Å². The molecule has 1 aliphatic rings. The Morgan fingerprint density at radius 3 is 2.58 bits per heavy atom. The predicted molar refractivity (Wildman–Crippen MR) is 98.6 cm³/mol. The molecule has 6 nitrogen and oxygen atoms in total. The average Bonchev–Trinajstić information content (AvgIpc) is 2.63. The van der Waals surface area contributed by atoms with Crippen LogP contribution in [0.25, 0.3) is 0 Å². The van der Waals surface area contributed by atoms with E-state index in [1.807, 2.05) is 18.2 Å². The van der Waals surface area contributed by atoms with E-state index in [4.69, 9.17) is 9.47 Å². The smallest absolute Gasteiger partial charge is 0.272 e. The first kappa shape index (κ1) is 18.3. The first-order valence-corrected chi connectivity index (χ1v) is 8.92. The molecule has 6 heteroatoms. The maximum atomic E-state index is 12.2. The van der Waals surface area contributed by atoms with Crippen LogP contribution in [0.1, 0.15) is 49.7 Å². The van der Waals surface area contributed by atoms with Crippen molar-refractivity contribution in [1.29, 1.82) is 0 Å². The Morgan fingerprint density at radius 2 is 1.92 bits per heavy atom. The van der Waals surface area contributed by atoms with E-state index in [9.17, 15) is 4.79 Å². The molecule has 0 atom stereocenters. The fourth-order valence-corrected chi connectivity index (χ4v) is 2.74. The standard InChI is InChI=1S/C20H25N3O3/c1-20(2,3)14-5-4-6-16(13-14)26-18-8-7-17(22-23-18)19(24)21-15-9-11-25-12-10-15/h4-8,13,15H,9-12H2,1-3H3,(H,21,24). The van der Waals surface area contributed by atoms with Crippen molar-refractivity contribution in [2.75, 3.05) is 13.2 Å². The Bertz CT molecular complexity index is 748. The van der Waals surface area contributed by atoms with Crippen molar-refractivity contribution in [3.8, 4) is 11.6 Å². The van der Waals surface area contributed by atoms with Gasteiger partial charge < -0.3 is 14.8 Å². The highest BCUT2D eigenvalue weighted by Gasteiger charge is 2.18. The number of carbonyl (C=O) groups excluding carboxylic acids is 1. The van der Waals surface area contributed by atoms with Crippen molar-refractivity contribution in [3.63, 3.8) is 0 Å². The number of hydrogen-bond acceptors (Lipinski definition) is 5. The summed E-state index contributed by atoms with van der Waals surface area (Å²) in [5.41, 5.74) is 1.50. The lowest BCUT2D eigenvalue weighted by molar-refractivity contribution is 0.0693. The van der Waals surface area contributed by atoms with Crippen molar-refractivity contribution >= 4 is 5.91 Å². The summed E-state index contributed by atoms with van der Waals surface area (Å²) in [6.45, 7) is 7.81. The van der Waals surface area contributed by atoms with E-state index in [-0.39, 0.29) is 23.1 Å². The lowest BCUT2D eigenvalue weighted by Crippen LogP contribution is -2.39. The minimum atomic E-state index is -0.217. The van der Waals surface area contributed by atoms with Crippen molar-refractivity contribution in [1.82, 2.24) is 15.5 Å². The summed E-state index contributed by atoms with van der Waals surface area (Å²) in [7, 11) is 0. The number of rotatable bonds is 4. The molecule has 2 heterocycles. The van der Waals surface area contributed by atoms with Crippen LogP contribution in [0.4, 0.5) is 0 Å². The summed E-state index contributed by atoms with van der Waals surface area (Å²) in [6, 6.07) is 11.3. The fourth-order valence-electron chi connectivity index (χ4n) is 2.74. The normalized spacial score (nSPS) is 15.5. The van der Waals surface area contributed by atoms with Crippen molar-refractivity contribution in [2.45, 2.75) is 45.1 Å². The summed E-state index contributed by atoms with van der Waals surface area (Å²) in [5, 5.41) is 11.0. The molecule has 3 rings (SSSR count). The molecule has 1 amide bonds. The Hall–Kier alpha value is -2.47. The van der Waals surface area contributed by atoms with Crippen molar-refractivity contribution < 1.29 is 14.3 Å². The van der Waals surface area contributed by atoms with Crippen LogP contribution in [0, 0.1) is 0 Å². The third-order valence-electron chi connectivity index (χ3n) is 4.35. The van der Waals surface area contributed by atoms with Crippen LogP contribution in [-0.2, 0) is 10.2 Å². The topological polar surface area (TPSA) is 73.3 Å². The minimum Gasteiger partial charge on any atom is -0.438 e. The van der Waals surface area contributed by atoms with Gasteiger partial charge in [-0.3, -0.25) is 4.79 Å². The molecular formula is C20H25N3O3. The molecule has 0 unspecified atom stereocenters. The maximum Gasteiger partial charge on any atom is 0.272 e. The lowest BCUT2D eigenvalue weighted by Gasteiger charge is -2.22. The van der Waals surface area contributed by atoms with Gasteiger partial charge in [0.2, 0.25) is 5.88 Å². The van der Waals surface area contributed by atoms with Crippen LogP contribution in [0.2, 0.25) is 0 Å². The van der Waals surface area contributed by atoms with Crippen molar-refractivity contribution in [2.24, 2.45) is 0 Å². The van der Waals surface area contributed by atoms with Gasteiger partial charge in [-0.1, -0.05) is 32.9 Å². The van der Waals surface area contributed by atoms with Gasteiger partial charge in [0.1, 0.15) is 5.75 Å². The molecule has 0 spiro atoms. The van der Waals surface area contributed by atoms with Gasteiger partial charge in [0.15, 0.2) is 5.69 Å². The van der Waals surface area contributed by atoms with Crippen LogP contribution in [0.15, 0.2) is 36.4 Å². The third-order valence-corrected chi connectivity index (χ3v) is 4.35. The zero-order valence-corrected chi connectivity index (χ0v) is 15.5. The van der Waals surface area contributed by atoms with Gasteiger partial charge in [0.25, 0.3) is 5.91 Å². The first-order chi connectivity index (χ1) is 12.4. The van der Waals surface area contributed by atoms with Crippen LogP contribution < -0.4 is 10.1 Å². The van der Waals surface area contributed by atoms with Crippen LogP contribution in [-0.4, -0.2) is 35.4 Å². The van der Waals surface area contributed by atoms with E-state index in [1.54, 1.807) is 12.1 Å². The molecule has 26 heavy (non-hydrogen) atoms. The highest BCUT2D eigenvalue weighted by molar-refractivity contribution is 5.92. The van der Waals surface area contributed by atoms with E-state index in [2.05, 4.69) is 42.4 Å². The SMILES string of the molecule is CC(C)(C)c1cccc(Oc2ccc(C(=O)NC3CCOCC3)nn2)c1.